The molecular weight excluding hydrogens is 288 g/mol. The molecule has 0 amide bonds. The molecule has 0 fully saturated rings. The third-order valence-corrected chi connectivity index (χ3v) is 0.622. The van der Waals surface area contributed by atoms with Crippen LogP contribution in [0, 0.1) is 0 Å². The van der Waals surface area contributed by atoms with Gasteiger partial charge in [0.2, 0.25) is 0 Å². The predicted molar refractivity (Wildman–Crippen MR) is 129 cm³/mol. The van der Waals surface area contributed by atoms with Crippen LogP contribution in [-0.2, 0) is 0 Å². The molecule has 0 aliphatic heterocycles. The summed E-state index contributed by atoms with van der Waals surface area (Å²) < 4.78 is 0. The lowest BCUT2D eigenvalue weighted by molar-refractivity contribution is 1.23. The number of hydrogen-bond donors (Lipinski definition) is 0. The van der Waals surface area contributed by atoms with Crippen LogP contribution in [0.25, 0.3) is 0 Å². The van der Waals surface area contributed by atoms with E-state index in [4.69, 9.17) is 0 Å². The maximum atomic E-state index is 3.48. The van der Waals surface area contributed by atoms with Crippen molar-refractivity contribution in [3.8, 4) is 0 Å². The molecule has 0 heterocycles. The number of hydrogen-bond acceptors (Lipinski definition) is 0. The summed E-state index contributed by atoms with van der Waals surface area (Å²) in [5.41, 5.74) is 0. The van der Waals surface area contributed by atoms with Gasteiger partial charge in [-0.3, -0.25) is 0 Å². The molecule has 0 bridgehead atoms. The van der Waals surface area contributed by atoms with E-state index in [0.717, 1.165) is 6.42 Å². The first-order valence-corrected chi connectivity index (χ1v) is 9.98. The van der Waals surface area contributed by atoms with Gasteiger partial charge < -0.3 is 0 Å². The van der Waals surface area contributed by atoms with Crippen LogP contribution in [0.3, 0.4) is 0 Å². The lowest BCUT2D eigenvalue weighted by Crippen LogP contribution is -1.36. The fourth-order valence-electron chi connectivity index (χ4n) is 0. The minimum Gasteiger partial charge on any atom is -0.103 e. The fraction of sp³-hybridized carbons (Fsp3) is 0.667. The quantitative estimate of drug-likeness (QED) is 0.414. The van der Waals surface area contributed by atoms with Gasteiger partial charge in [0.1, 0.15) is 0 Å². The van der Waals surface area contributed by atoms with Gasteiger partial charge in [-0.05, 0) is 34.1 Å². The van der Waals surface area contributed by atoms with E-state index in [1.165, 1.54) is 0 Å². The van der Waals surface area contributed by atoms with Gasteiger partial charge in [0.05, 0.1) is 0 Å². The van der Waals surface area contributed by atoms with E-state index in [2.05, 4.69) is 26.7 Å². The van der Waals surface area contributed by atoms with Crippen molar-refractivity contribution < 1.29 is 0 Å². The highest BCUT2D eigenvalue weighted by Crippen LogP contribution is 1.66. The number of rotatable bonds is 1. The third-order valence-electron chi connectivity index (χ3n) is 0.622. The van der Waals surface area contributed by atoms with Crippen LogP contribution < -0.4 is 0 Å². The molecule has 24 heavy (non-hydrogen) atoms. The first-order chi connectivity index (χ1) is 11.7. The molecular formula is C24H58. The van der Waals surface area contributed by atoms with Crippen LogP contribution in [0.5, 0.6) is 0 Å². The molecule has 0 spiro atoms. The van der Waals surface area contributed by atoms with Gasteiger partial charge in [-0.25, -0.2) is 0 Å². The van der Waals surface area contributed by atoms with Gasteiger partial charge >= 0.3 is 0 Å². The van der Waals surface area contributed by atoms with Crippen LogP contribution in [0.1, 0.15) is 110 Å². The first kappa shape index (κ1) is 56.8. The van der Waals surface area contributed by atoms with Gasteiger partial charge in [-0.15, -0.1) is 19.7 Å². The third kappa shape index (κ3) is 9060. The Balaban J connectivity index is -0.0000000154. The Hall–Kier alpha value is -1.04. The molecule has 154 valence electrons. The van der Waals surface area contributed by atoms with Crippen molar-refractivity contribution in [2.75, 3.05) is 0 Å². The highest BCUT2D eigenvalue weighted by molar-refractivity contribution is 4.68. The standard InChI is InChI=1S/2C4H8.2C3H6.5C2H6/c2*1-3-4-2;2*1-3-2;5*1-2/h3-4H,1-2H3;3H,1,4H2,2H3;2*3H,1H2,2H3;5*1-2H3/b4-3-;;;;;;;;. The van der Waals surface area contributed by atoms with E-state index >= 15 is 0 Å². The second-order valence-electron chi connectivity index (χ2n) is 2.18. The molecule has 0 aromatic rings. The van der Waals surface area contributed by atoms with E-state index < -0.39 is 0 Å². The minimum absolute atomic E-state index is 1.08. The Bertz CT molecular complexity index is 97.2. The number of allylic oxidation sites excluding steroid dienone is 5. The van der Waals surface area contributed by atoms with Crippen LogP contribution in [0.15, 0.2) is 50.1 Å². The normalized spacial score (nSPS) is 4.96. The molecule has 0 atom stereocenters. The average molecular weight is 347 g/mol. The molecule has 0 saturated carbocycles. The molecule has 0 rings (SSSR count). The second-order valence-corrected chi connectivity index (χ2v) is 2.18. The first-order valence-electron chi connectivity index (χ1n) is 9.98. The zero-order chi connectivity index (χ0) is 22.2. The van der Waals surface area contributed by atoms with E-state index in [1.54, 1.807) is 12.2 Å². The van der Waals surface area contributed by atoms with E-state index in [9.17, 15) is 0 Å². The predicted octanol–water partition coefficient (Wildman–Crippen LogP) is 10.7. The Labute approximate surface area is 160 Å². The lowest BCUT2D eigenvalue weighted by atomic mass is 10.5. The molecule has 0 nitrogen and oxygen atoms in total. The van der Waals surface area contributed by atoms with Gasteiger partial charge in [0.25, 0.3) is 0 Å². The minimum atomic E-state index is 1.08. The second kappa shape index (κ2) is 392. The fourth-order valence-corrected chi connectivity index (χ4v) is 0. The molecule has 0 N–H and O–H groups in total. The van der Waals surface area contributed by atoms with E-state index in [0.29, 0.717) is 0 Å². The van der Waals surface area contributed by atoms with Crippen molar-refractivity contribution >= 4 is 0 Å². The van der Waals surface area contributed by atoms with E-state index in [-0.39, 0.29) is 0 Å². The molecule has 0 aliphatic carbocycles. The van der Waals surface area contributed by atoms with Gasteiger partial charge in [-0.1, -0.05) is 107 Å². The highest BCUT2D eigenvalue weighted by Gasteiger charge is 1.45. The molecule has 0 aromatic carbocycles. The summed E-state index contributed by atoms with van der Waals surface area (Å²) in [6.07, 6.45) is 10.5. The topological polar surface area (TPSA) is 0 Å². The zero-order valence-corrected chi connectivity index (χ0v) is 20.7. The summed E-state index contributed by atoms with van der Waals surface area (Å²) in [7, 11) is 0. The van der Waals surface area contributed by atoms with Crippen molar-refractivity contribution in [2.24, 2.45) is 0 Å². The maximum Gasteiger partial charge on any atom is -0.0382 e. The molecule has 0 unspecified atom stereocenters. The molecule has 0 heteroatoms. The van der Waals surface area contributed by atoms with Crippen molar-refractivity contribution in [3.63, 3.8) is 0 Å². The largest absolute Gasteiger partial charge is 0.103 e. The summed E-state index contributed by atoms with van der Waals surface area (Å²) in [5.74, 6) is 0. The zero-order valence-electron chi connectivity index (χ0n) is 20.7. The van der Waals surface area contributed by atoms with E-state index in [1.807, 2.05) is 115 Å². The molecule has 0 radical (unpaired) electrons. The smallest absolute Gasteiger partial charge is 0.0382 e. The van der Waals surface area contributed by atoms with Crippen molar-refractivity contribution in [3.05, 3.63) is 50.1 Å². The summed E-state index contributed by atoms with van der Waals surface area (Å²) in [6.45, 7) is 40.0. The summed E-state index contributed by atoms with van der Waals surface area (Å²) >= 11 is 0. The van der Waals surface area contributed by atoms with Crippen molar-refractivity contribution in [1.82, 2.24) is 0 Å². The van der Waals surface area contributed by atoms with Gasteiger partial charge in [0, 0.05) is 0 Å². The SMILES string of the molecule is C/C=C\C.C=CC.C=CC.C=CCC.CC.CC.CC.CC.CC. The van der Waals surface area contributed by atoms with Crippen molar-refractivity contribution in [2.45, 2.75) is 110 Å². The molecule has 0 saturated heterocycles. The molecule has 0 aromatic heterocycles. The Morgan fingerprint density at radius 3 is 0.583 bits per heavy atom. The van der Waals surface area contributed by atoms with Crippen LogP contribution >= 0.6 is 0 Å². The Kier molecular flexibility index (Phi) is 928. The van der Waals surface area contributed by atoms with Crippen LogP contribution in [0.2, 0.25) is 0 Å². The molecule has 0 aliphatic rings. The van der Waals surface area contributed by atoms with Gasteiger partial charge in [-0.2, -0.15) is 0 Å². The van der Waals surface area contributed by atoms with Crippen LogP contribution in [0.4, 0.5) is 0 Å². The summed E-state index contributed by atoms with van der Waals surface area (Å²) in [4.78, 5) is 0. The van der Waals surface area contributed by atoms with Crippen LogP contribution in [-0.4, -0.2) is 0 Å². The summed E-state index contributed by atoms with van der Waals surface area (Å²) in [5, 5.41) is 0. The monoisotopic (exact) mass is 346 g/mol. The lowest BCUT2D eigenvalue weighted by Gasteiger charge is -1.57. The average Bonchev–Trinajstić information content (AvgIpc) is 2.71. The highest BCUT2D eigenvalue weighted by atomic mass is 13.5. The summed E-state index contributed by atoms with van der Waals surface area (Å²) in [6, 6.07) is 0. The Morgan fingerprint density at radius 2 is 0.583 bits per heavy atom. The Morgan fingerprint density at radius 1 is 0.500 bits per heavy atom. The maximum absolute atomic E-state index is 3.48. The van der Waals surface area contributed by atoms with Gasteiger partial charge in [0.15, 0.2) is 0 Å². The van der Waals surface area contributed by atoms with Crippen molar-refractivity contribution in [1.29, 1.82) is 0 Å².